The van der Waals surface area contributed by atoms with E-state index in [0.717, 1.165) is 12.1 Å². The molecule has 0 bridgehead atoms. The molecular weight excluding hydrogens is 349 g/mol. The quantitative estimate of drug-likeness (QED) is 0.867. The second-order valence-electron chi connectivity index (χ2n) is 4.37. The number of benzene rings is 2. The Morgan fingerprint density at radius 2 is 1.81 bits per heavy atom. The minimum atomic E-state index is -4.38. The van der Waals surface area contributed by atoms with E-state index in [9.17, 15) is 18.3 Å². The number of aliphatic hydroxyl groups is 1. The molecule has 0 atom stereocenters. The molecular formula is C15H12BrF3O2. The maximum absolute atomic E-state index is 12.6. The molecule has 0 aliphatic heterocycles. The third-order valence-electron chi connectivity index (χ3n) is 2.86. The molecule has 0 spiro atoms. The van der Waals surface area contributed by atoms with Gasteiger partial charge in [-0.3, -0.25) is 0 Å². The summed E-state index contributed by atoms with van der Waals surface area (Å²) in [6.45, 7) is -0.225. The van der Waals surface area contributed by atoms with Gasteiger partial charge in [-0.05, 0) is 39.7 Å². The Labute approximate surface area is 128 Å². The van der Waals surface area contributed by atoms with Crippen molar-refractivity contribution in [1.82, 2.24) is 0 Å². The van der Waals surface area contributed by atoms with Gasteiger partial charge in [-0.2, -0.15) is 13.2 Å². The molecule has 0 heterocycles. The third kappa shape index (κ3) is 3.98. The van der Waals surface area contributed by atoms with Crippen LogP contribution in [0.15, 0.2) is 46.9 Å². The van der Waals surface area contributed by atoms with Crippen LogP contribution in [0, 0.1) is 0 Å². The highest BCUT2D eigenvalue weighted by molar-refractivity contribution is 9.10. The van der Waals surface area contributed by atoms with Crippen molar-refractivity contribution in [2.45, 2.75) is 19.4 Å². The van der Waals surface area contributed by atoms with Gasteiger partial charge in [-0.25, -0.2) is 0 Å². The van der Waals surface area contributed by atoms with Crippen LogP contribution in [-0.4, -0.2) is 5.11 Å². The van der Waals surface area contributed by atoms with Gasteiger partial charge in [0, 0.05) is 5.56 Å². The van der Waals surface area contributed by atoms with Crippen molar-refractivity contribution in [3.8, 4) is 5.75 Å². The average molecular weight is 361 g/mol. The molecule has 0 aliphatic rings. The molecule has 0 amide bonds. The van der Waals surface area contributed by atoms with E-state index in [-0.39, 0.29) is 13.2 Å². The number of hydrogen-bond donors (Lipinski definition) is 1. The van der Waals surface area contributed by atoms with Crippen LogP contribution >= 0.6 is 15.9 Å². The van der Waals surface area contributed by atoms with Gasteiger partial charge < -0.3 is 9.84 Å². The van der Waals surface area contributed by atoms with E-state index in [2.05, 4.69) is 15.9 Å². The van der Waals surface area contributed by atoms with Gasteiger partial charge >= 0.3 is 6.18 Å². The summed E-state index contributed by atoms with van der Waals surface area (Å²) in [6, 6.07) is 10.1. The molecule has 2 aromatic rings. The van der Waals surface area contributed by atoms with Crippen molar-refractivity contribution >= 4 is 15.9 Å². The first kappa shape index (κ1) is 15.9. The summed E-state index contributed by atoms with van der Waals surface area (Å²) in [4.78, 5) is 0. The molecule has 0 radical (unpaired) electrons. The molecule has 0 saturated carbocycles. The summed E-state index contributed by atoms with van der Waals surface area (Å²) in [7, 11) is 0. The molecule has 2 rings (SSSR count). The van der Waals surface area contributed by atoms with Gasteiger partial charge in [0.25, 0.3) is 0 Å². The maximum Gasteiger partial charge on any atom is 0.416 e. The smallest absolute Gasteiger partial charge is 0.416 e. The first-order valence-electron chi connectivity index (χ1n) is 6.09. The Balaban J connectivity index is 2.18. The van der Waals surface area contributed by atoms with Gasteiger partial charge in [0.2, 0.25) is 0 Å². The number of rotatable bonds is 4. The molecule has 21 heavy (non-hydrogen) atoms. The Hall–Kier alpha value is -1.53. The Bertz CT molecular complexity index is 627. The van der Waals surface area contributed by atoms with Gasteiger partial charge in [0.15, 0.2) is 0 Å². The molecule has 2 nitrogen and oxygen atoms in total. The van der Waals surface area contributed by atoms with Gasteiger partial charge in [-0.1, -0.05) is 24.3 Å². The van der Waals surface area contributed by atoms with Crippen LogP contribution in [0.3, 0.4) is 0 Å². The van der Waals surface area contributed by atoms with Crippen LogP contribution in [0.1, 0.15) is 16.7 Å². The zero-order chi connectivity index (χ0) is 15.5. The first-order chi connectivity index (χ1) is 9.91. The fourth-order valence-corrected chi connectivity index (χ4v) is 2.35. The fourth-order valence-electron chi connectivity index (χ4n) is 1.83. The zero-order valence-electron chi connectivity index (χ0n) is 10.8. The lowest BCUT2D eigenvalue weighted by molar-refractivity contribution is -0.137. The van der Waals surface area contributed by atoms with Crippen molar-refractivity contribution in [1.29, 1.82) is 0 Å². The van der Waals surface area contributed by atoms with Crippen molar-refractivity contribution in [3.63, 3.8) is 0 Å². The van der Waals surface area contributed by atoms with Crippen LogP contribution in [0.4, 0.5) is 13.2 Å². The Morgan fingerprint density at radius 1 is 1.10 bits per heavy atom. The SMILES string of the molecule is OCc1cccc(Br)c1OCc1cccc(C(F)(F)F)c1. The molecule has 0 fully saturated rings. The summed E-state index contributed by atoms with van der Waals surface area (Å²) in [5.74, 6) is 0.428. The predicted molar refractivity (Wildman–Crippen MR) is 75.8 cm³/mol. The van der Waals surface area contributed by atoms with E-state index in [1.54, 1.807) is 24.3 Å². The highest BCUT2D eigenvalue weighted by Gasteiger charge is 2.30. The number of hydrogen-bond acceptors (Lipinski definition) is 2. The normalized spacial score (nSPS) is 11.5. The number of ether oxygens (including phenoxy) is 1. The van der Waals surface area contributed by atoms with E-state index in [0.29, 0.717) is 21.3 Å². The molecule has 2 aromatic carbocycles. The average Bonchev–Trinajstić information content (AvgIpc) is 2.45. The van der Waals surface area contributed by atoms with Crippen LogP contribution in [0.2, 0.25) is 0 Å². The predicted octanol–water partition coefficient (Wildman–Crippen LogP) is 4.54. The molecule has 0 unspecified atom stereocenters. The van der Waals surface area contributed by atoms with Gasteiger partial charge in [0.1, 0.15) is 12.4 Å². The van der Waals surface area contributed by atoms with E-state index in [4.69, 9.17) is 4.74 Å². The van der Waals surface area contributed by atoms with Crippen molar-refractivity contribution in [2.24, 2.45) is 0 Å². The summed E-state index contributed by atoms with van der Waals surface area (Å²) in [6.07, 6.45) is -4.38. The number of halogens is 4. The van der Waals surface area contributed by atoms with Crippen LogP contribution in [0.25, 0.3) is 0 Å². The van der Waals surface area contributed by atoms with Crippen molar-refractivity contribution in [3.05, 3.63) is 63.6 Å². The third-order valence-corrected chi connectivity index (χ3v) is 3.48. The summed E-state index contributed by atoms with van der Waals surface area (Å²) in [5, 5.41) is 9.24. The molecule has 112 valence electrons. The van der Waals surface area contributed by atoms with E-state index in [1.165, 1.54) is 6.07 Å². The summed E-state index contributed by atoms with van der Waals surface area (Å²) >= 11 is 3.29. The lowest BCUT2D eigenvalue weighted by Crippen LogP contribution is -2.06. The maximum atomic E-state index is 12.6. The first-order valence-corrected chi connectivity index (χ1v) is 6.88. The number of alkyl halides is 3. The molecule has 6 heteroatoms. The highest BCUT2D eigenvalue weighted by Crippen LogP contribution is 2.32. The van der Waals surface area contributed by atoms with E-state index < -0.39 is 11.7 Å². The van der Waals surface area contributed by atoms with Crippen molar-refractivity contribution in [2.75, 3.05) is 0 Å². The molecule has 0 saturated heterocycles. The van der Waals surface area contributed by atoms with Crippen LogP contribution in [0.5, 0.6) is 5.75 Å². The summed E-state index contributed by atoms with van der Waals surface area (Å²) < 4.78 is 44.1. The summed E-state index contributed by atoms with van der Waals surface area (Å²) in [5.41, 5.74) is 0.263. The number of aliphatic hydroxyl groups excluding tert-OH is 1. The molecule has 1 N–H and O–H groups in total. The lowest BCUT2D eigenvalue weighted by Gasteiger charge is -2.13. The second kappa shape index (κ2) is 6.49. The van der Waals surface area contributed by atoms with Gasteiger partial charge in [0.05, 0.1) is 16.6 Å². The molecule has 0 aliphatic carbocycles. The van der Waals surface area contributed by atoms with Crippen LogP contribution < -0.4 is 4.74 Å². The highest BCUT2D eigenvalue weighted by atomic mass is 79.9. The number of para-hydroxylation sites is 1. The van der Waals surface area contributed by atoms with E-state index in [1.807, 2.05) is 0 Å². The topological polar surface area (TPSA) is 29.5 Å². The fraction of sp³-hybridized carbons (Fsp3) is 0.200. The lowest BCUT2D eigenvalue weighted by atomic mass is 10.1. The Morgan fingerprint density at radius 3 is 2.48 bits per heavy atom. The minimum absolute atomic E-state index is 0.0144. The second-order valence-corrected chi connectivity index (χ2v) is 5.23. The largest absolute Gasteiger partial charge is 0.487 e. The van der Waals surface area contributed by atoms with E-state index >= 15 is 0 Å². The Kier molecular flexibility index (Phi) is 4.90. The minimum Gasteiger partial charge on any atom is -0.487 e. The molecule has 0 aromatic heterocycles. The standard InChI is InChI=1S/C15H12BrF3O2/c16-13-6-2-4-11(8-20)14(13)21-9-10-3-1-5-12(7-10)15(17,18)19/h1-7,20H,8-9H2. The monoisotopic (exact) mass is 360 g/mol. The van der Waals surface area contributed by atoms with Crippen LogP contribution in [-0.2, 0) is 19.4 Å². The zero-order valence-corrected chi connectivity index (χ0v) is 12.4. The van der Waals surface area contributed by atoms with Crippen molar-refractivity contribution < 1.29 is 23.0 Å². The van der Waals surface area contributed by atoms with Gasteiger partial charge in [-0.15, -0.1) is 0 Å².